The minimum Gasteiger partial charge on any atom is -0.335 e. The van der Waals surface area contributed by atoms with E-state index in [4.69, 9.17) is 0 Å². The lowest BCUT2D eigenvalue weighted by Crippen LogP contribution is -2.48. The van der Waals surface area contributed by atoms with Crippen LogP contribution in [0, 0.1) is 0 Å². The molecule has 1 fully saturated rings. The second kappa shape index (κ2) is 7.31. The molecular weight excluding hydrogens is 316 g/mol. The van der Waals surface area contributed by atoms with Gasteiger partial charge in [0.05, 0.1) is 6.54 Å². The lowest BCUT2D eigenvalue weighted by molar-refractivity contribution is 0.0618. The molecular formula is C18H24N6O. The fourth-order valence-electron chi connectivity index (χ4n) is 3.62. The number of rotatable bonds is 3. The molecule has 4 heterocycles. The first-order valence-electron chi connectivity index (χ1n) is 9.15. The third kappa shape index (κ3) is 3.56. The van der Waals surface area contributed by atoms with Crippen LogP contribution in [0.3, 0.4) is 0 Å². The molecule has 0 atom stereocenters. The van der Waals surface area contributed by atoms with Crippen LogP contribution in [0.25, 0.3) is 0 Å². The lowest BCUT2D eigenvalue weighted by Gasteiger charge is -2.34. The highest BCUT2D eigenvalue weighted by molar-refractivity contribution is 5.92. The predicted octanol–water partition coefficient (Wildman–Crippen LogP) is 1.36. The lowest BCUT2D eigenvalue weighted by atomic mass is 10.2. The van der Waals surface area contributed by atoms with E-state index in [0.717, 1.165) is 57.3 Å². The van der Waals surface area contributed by atoms with Gasteiger partial charge >= 0.3 is 0 Å². The number of carbonyl (C=O) groups excluding carboxylic acids is 1. The summed E-state index contributed by atoms with van der Waals surface area (Å²) < 4.78 is 2.30. The highest BCUT2D eigenvalue weighted by Gasteiger charge is 2.24. The highest BCUT2D eigenvalue weighted by Crippen LogP contribution is 2.16. The van der Waals surface area contributed by atoms with E-state index in [1.54, 1.807) is 12.3 Å². The van der Waals surface area contributed by atoms with Gasteiger partial charge in [0.1, 0.15) is 17.3 Å². The van der Waals surface area contributed by atoms with Crippen molar-refractivity contribution in [3.63, 3.8) is 0 Å². The predicted molar refractivity (Wildman–Crippen MR) is 93.0 cm³/mol. The molecule has 2 aromatic rings. The van der Waals surface area contributed by atoms with Crippen molar-refractivity contribution in [2.45, 2.75) is 38.8 Å². The maximum Gasteiger partial charge on any atom is 0.272 e. The molecule has 2 aromatic heterocycles. The largest absolute Gasteiger partial charge is 0.335 e. The summed E-state index contributed by atoms with van der Waals surface area (Å²) in [6, 6.07) is 5.46. The number of aryl methyl sites for hydroxylation is 1. The van der Waals surface area contributed by atoms with Gasteiger partial charge in [0.2, 0.25) is 0 Å². The molecule has 0 unspecified atom stereocenters. The summed E-state index contributed by atoms with van der Waals surface area (Å²) in [6.07, 6.45) is 6.41. The van der Waals surface area contributed by atoms with Crippen LogP contribution in [-0.4, -0.2) is 61.6 Å². The Bertz CT molecular complexity index is 720. The second-order valence-electron chi connectivity index (χ2n) is 6.78. The Kier molecular flexibility index (Phi) is 4.74. The summed E-state index contributed by atoms with van der Waals surface area (Å²) in [5.74, 6) is 2.23. The molecule has 1 saturated heterocycles. The van der Waals surface area contributed by atoms with Gasteiger partial charge < -0.3 is 9.47 Å². The fourth-order valence-corrected chi connectivity index (χ4v) is 3.62. The number of hydrogen-bond donors (Lipinski definition) is 0. The minimum absolute atomic E-state index is 0.0246. The van der Waals surface area contributed by atoms with Gasteiger partial charge in [-0.3, -0.25) is 14.7 Å². The Morgan fingerprint density at radius 2 is 1.88 bits per heavy atom. The van der Waals surface area contributed by atoms with Gasteiger partial charge in [-0.25, -0.2) is 0 Å². The van der Waals surface area contributed by atoms with E-state index in [-0.39, 0.29) is 5.91 Å². The van der Waals surface area contributed by atoms with E-state index in [2.05, 4.69) is 24.6 Å². The Morgan fingerprint density at radius 1 is 1.00 bits per heavy atom. The summed E-state index contributed by atoms with van der Waals surface area (Å²) in [7, 11) is 0. The van der Waals surface area contributed by atoms with Gasteiger partial charge in [0, 0.05) is 45.3 Å². The van der Waals surface area contributed by atoms with Crippen molar-refractivity contribution in [1.82, 2.24) is 29.5 Å². The normalized spacial score (nSPS) is 18.6. The topological polar surface area (TPSA) is 67.2 Å². The fraction of sp³-hybridized carbons (Fsp3) is 0.556. The maximum atomic E-state index is 12.5. The standard InChI is InChI=1S/C18H24N6O/c25-18(15-6-3-4-8-19-15)23-12-10-22(11-13-23)14-17-21-20-16-7-2-1-5-9-24(16)17/h3-4,6,8H,1-2,5,7,9-14H2. The van der Waals surface area contributed by atoms with E-state index in [0.29, 0.717) is 5.69 Å². The molecule has 0 spiro atoms. The van der Waals surface area contributed by atoms with Gasteiger partial charge in [-0.15, -0.1) is 10.2 Å². The zero-order valence-electron chi connectivity index (χ0n) is 14.5. The molecule has 25 heavy (non-hydrogen) atoms. The molecule has 4 rings (SSSR count). The molecule has 0 saturated carbocycles. The first-order chi connectivity index (χ1) is 12.3. The number of amides is 1. The summed E-state index contributed by atoms with van der Waals surface area (Å²) in [5.41, 5.74) is 0.527. The minimum atomic E-state index is 0.0246. The third-order valence-corrected chi connectivity index (χ3v) is 5.09. The van der Waals surface area contributed by atoms with E-state index in [9.17, 15) is 4.79 Å². The van der Waals surface area contributed by atoms with E-state index in [1.807, 2.05) is 17.0 Å². The summed E-state index contributed by atoms with van der Waals surface area (Å²) in [4.78, 5) is 20.9. The molecule has 0 bridgehead atoms. The molecule has 7 nitrogen and oxygen atoms in total. The first kappa shape index (κ1) is 16.2. The molecule has 7 heteroatoms. The van der Waals surface area contributed by atoms with Crippen LogP contribution < -0.4 is 0 Å². The summed E-state index contributed by atoms with van der Waals surface area (Å²) in [5, 5.41) is 8.79. The van der Waals surface area contributed by atoms with Crippen LogP contribution in [0.2, 0.25) is 0 Å². The smallest absolute Gasteiger partial charge is 0.272 e. The molecule has 1 amide bonds. The summed E-state index contributed by atoms with van der Waals surface area (Å²) >= 11 is 0. The van der Waals surface area contributed by atoms with Crippen molar-refractivity contribution in [3.05, 3.63) is 41.7 Å². The maximum absolute atomic E-state index is 12.5. The van der Waals surface area contributed by atoms with Gasteiger partial charge in [0.15, 0.2) is 0 Å². The van der Waals surface area contributed by atoms with Crippen LogP contribution >= 0.6 is 0 Å². The quantitative estimate of drug-likeness (QED) is 0.844. The van der Waals surface area contributed by atoms with E-state index < -0.39 is 0 Å². The van der Waals surface area contributed by atoms with Crippen LogP contribution in [0.5, 0.6) is 0 Å². The van der Waals surface area contributed by atoms with E-state index >= 15 is 0 Å². The summed E-state index contributed by atoms with van der Waals surface area (Å²) in [6.45, 7) is 5.04. The highest BCUT2D eigenvalue weighted by atomic mass is 16.2. The van der Waals surface area contributed by atoms with Gasteiger partial charge in [-0.1, -0.05) is 12.5 Å². The number of aromatic nitrogens is 4. The zero-order valence-corrected chi connectivity index (χ0v) is 14.5. The molecule has 2 aliphatic heterocycles. The number of carbonyl (C=O) groups is 1. The van der Waals surface area contributed by atoms with Crippen molar-refractivity contribution in [2.24, 2.45) is 0 Å². The van der Waals surface area contributed by atoms with E-state index in [1.165, 1.54) is 19.3 Å². The number of piperazine rings is 1. The Morgan fingerprint density at radius 3 is 2.68 bits per heavy atom. The number of fused-ring (bicyclic) bond motifs is 1. The average molecular weight is 340 g/mol. The van der Waals surface area contributed by atoms with Crippen LogP contribution in [-0.2, 0) is 19.5 Å². The third-order valence-electron chi connectivity index (χ3n) is 5.09. The monoisotopic (exact) mass is 340 g/mol. The first-order valence-corrected chi connectivity index (χ1v) is 9.15. The molecule has 0 aromatic carbocycles. The second-order valence-corrected chi connectivity index (χ2v) is 6.78. The van der Waals surface area contributed by atoms with Gasteiger partial charge in [-0.05, 0) is 25.0 Å². The Balaban J connectivity index is 1.35. The van der Waals surface area contributed by atoms with Gasteiger partial charge in [-0.2, -0.15) is 0 Å². The molecule has 0 radical (unpaired) electrons. The number of hydrogen-bond acceptors (Lipinski definition) is 5. The van der Waals surface area contributed by atoms with Crippen molar-refractivity contribution in [1.29, 1.82) is 0 Å². The van der Waals surface area contributed by atoms with Crippen LogP contribution in [0.15, 0.2) is 24.4 Å². The van der Waals surface area contributed by atoms with Crippen molar-refractivity contribution in [3.8, 4) is 0 Å². The Labute approximate surface area is 147 Å². The number of nitrogens with zero attached hydrogens (tertiary/aromatic N) is 6. The molecule has 132 valence electrons. The number of pyridine rings is 1. The molecule has 0 aliphatic carbocycles. The van der Waals surface area contributed by atoms with Crippen molar-refractivity contribution >= 4 is 5.91 Å². The average Bonchev–Trinajstić information content (AvgIpc) is 2.89. The van der Waals surface area contributed by atoms with Crippen molar-refractivity contribution in [2.75, 3.05) is 26.2 Å². The van der Waals surface area contributed by atoms with Crippen LogP contribution in [0.1, 0.15) is 41.4 Å². The van der Waals surface area contributed by atoms with Crippen molar-refractivity contribution < 1.29 is 4.79 Å². The van der Waals surface area contributed by atoms with Gasteiger partial charge in [0.25, 0.3) is 5.91 Å². The van der Waals surface area contributed by atoms with Crippen LogP contribution in [0.4, 0.5) is 0 Å². The molecule has 0 N–H and O–H groups in total. The molecule has 2 aliphatic rings. The zero-order chi connectivity index (χ0) is 17.1. The SMILES string of the molecule is O=C(c1ccccn1)N1CCN(Cc2nnc3n2CCCCC3)CC1. The Hall–Kier alpha value is -2.28.